The second kappa shape index (κ2) is 10.9. The van der Waals surface area contributed by atoms with E-state index in [4.69, 9.17) is 5.73 Å². The smallest absolute Gasteiger partial charge is 0.238 e. The molecule has 2 aromatic rings. The van der Waals surface area contributed by atoms with Crippen molar-refractivity contribution in [1.82, 2.24) is 5.32 Å². The van der Waals surface area contributed by atoms with Gasteiger partial charge in [-0.05, 0) is 35.6 Å². The van der Waals surface area contributed by atoms with Crippen molar-refractivity contribution < 1.29 is 9.59 Å². The van der Waals surface area contributed by atoms with Crippen molar-refractivity contribution >= 4 is 29.3 Å². The first kappa shape index (κ1) is 22.0. The zero-order chi connectivity index (χ0) is 20.5. The molecule has 0 fully saturated rings. The van der Waals surface area contributed by atoms with Gasteiger partial charge in [-0.1, -0.05) is 57.2 Å². The minimum absolute atomic E-state index is 0.0936. The minimum atomic E-state index is -0.387. The molecular formula is C22H29N3O2S. The highest BCUT2D eigenvalue weighted by Gasteiger charge is 2.17. The Balaban J connectivity index is 1.99. The van der Waals surface area contributed by atoms with Gasteiger partial charge in [0.2, 0.25) is 11.8 Å². The number of carbonyl (C=O) groups is 2. The number of benzene rings is 2. The molecule has 4 N–H and O–H groups in total. The van der Waals surface area contributed by atoms with Crippen LogP contribution in [0.5, 0.6) is 0 Å². The second-order valence-corrected chi connectivity index (χ2v) is 8.01. The second-order valence-electron chi connectivity index (χ2n) is 7.00. The lowest BCUT2D eigenvalue weighted by atomic mass is 9.95. The maximum absolute atomic E-state index is 12.5. The first-order valence-corrected chi connectivity index (χ1v) is 10.5. The molecule has 2 amide bonds. The Bertz CT molecular complexity index is 791. The Morgan fingerprint density at radius 3 is 2.36 bits per heavy atom. The van der Waals surface area contributed by atoms with Crippen LogP contribution >= 0.6 is 11.8 Å². The summed E-state index contributed by atoms with van der Waals surface area (Å²) in [5.41, 5.74) is 8.38. The lowest BCUT2D eigenvalue weighted by Gasteiger charge is -2.23. The van der Waals surface area contributed by atoms with Crippen molar-refractivity contribution in [2.45, 2.75) is 38.1 Å². The number of nitrogens with one attached hydrogen (secondary N) is 2. The van der Waals surface area contributed by atoms with Crippen molar-refractivity contribution in [3.05, 3.63) is 59.7 Å². The largest absolute Gasteiger partial charge is 0.369 e. The fraction of sp³-hybridized carbons (Fsp3) is 0.364. The molecule has 0 radical (unpaired) electrons. The molecule has 0 aliphatic heterocycles. The molecule has 6 heteroatoms. The van der Waals surface area contributed by atoms with Gasteiger partial charge in [-0.2, -0.15) is 0 Å². The van der Waals surface area contributed by atoms with Gasteiger partial charge >= 0.3 is 0 Å². The molecule has 0 bridgehead atoms. The maximum atomic E-state index is 12.5. The third-order valence-corrected chi connectivity index (χ3v) is 5.52. The number of anilines is 1. The number of para-hydroxylation sites is 1. The molecule has 0 spiro atoms. The summed E-state index contributed by atoms with van der Waals surface area (Å²) < 4.78 is 0. The Kier molecular flexibility index (Phi) is 8.54. The highest BCUT2D eigenvalue weighted by molar-refractivity contribution is 8.00. The lowest BCUT2D eigenvalue weighted by Crippen LogP contribution is -2.33. The Morgan fingerprint density at radius 2 is 1.75 bits per heavy atom. The van der Waals surface area contributed by atoms with E-state index < -0.39 is 0 Å². The van der Waals surface area contributed by atoms with Gasteiger partial charge < -0.3 is 16.4 Å². The Hall–Kier alpha value is -2.31. The number of hydrogen-bond donors (Lipinski definition) is 3. The molecule has 0 unspecified atom stereocenters. The predicted molar refractivity (Wildman–Crippen MR) is 116 cm³/mol. The van der Waals surface area contributed by atoms with Gasteiger partial charge in [0.25, 0.3) is 0 Å². The minimum Gasteiger partial charge on any atom is -0.369 e. The molecular weight excluding hydrogens is 370 g/mol. The fourth-order valence-electron chi connectivity index (χ4n) is 2.94. The summed E-state index contributed by atoms with van der Waals surface area (Å²) in [6, 6.07) is 16.0. The van der Waals surface area contributed by atoms with E-state index in [1.54, 1.807) is 0 Å². The van der Waals surface area contributed by atoms with Crippen LogP contribution in [0.25, 0.3) is 0 Å². The van der Waals surface area contributed by atoms with Crippen molar-refractivity contribution in [2.75, 3.05) is 17.6 Å². The van der Waals surface area contributed by atoms with E-state index in [1.165, 1.54) is 22.9 Å². The van der Waals surface area contributed by atoms with Crippen molar-refractivity contribution in [2.24, 2.45) is 11.7 Å². The topological polar surface area (TPSA) is 84.2 Å². The summed E-state index contributed by atoms with van der Waals surface area (Å²) >= 11 is 1.32. The van der Waals surface area contributed by atoms with E-state index in [1.807, 2.05) is 24.3 Å². The van der Waals surface area contributed by atoms with Crippen LogP contribution in [0.15, 0.2) is 53.4 Å². The maximum Gasteiger partial charge on any atom is 0.238 e. The number of carbonyl (C=O) groups excluding carboxylic acids is 2. The number of nitrogens with two attached hydrogens (primary N) is 1. The molecule has 2 rings (SSSR count). The van der Waals surface area contributed by atoms with E-state index >= 15 is 0 Å². The monoisotopic (exact) mass is 399 g/mol. The molecule has 0 aliphatic rings. The third kappa shape index (κ3) is 6.69. The van der Waals surface area contributed by atoms with E-state index in [0.29, 0.717) is 11.6 Å². The van der Waals surface area contributed by atoms with Crippen LogP contribution in [-0.4, -0.2) is 24.1 Å². The zero-order valence-electron chi connectivity index (χ0n) is 16.7. The van der Waals surface area contributed by atoms with Gasteiger partial charge in [0, 0.05) is 10.9 Å². The van der Waals surface area contributed by atoms with Crippen LogP contribution in [0.2, 0.25) is 0 Å². The van der Waals surface area contributed by atoms with Crippen molar-refractivity contribution in [3.63, 3.8) is 0 Å². The van der Waals surface area contributed by atoms with E-state index in [9.17, 15) is 9.59 Å². The summed E-state index contributed by atoms with van der Waals surface area (Å²) in [5, 5.41) is 6.29. The van der Waals surface area contributed by atoms with Crippen LogP contribution in [0.4, 0.5) is 5.69 Å². The average Bonchev–Trinajstić information content (AvgIpc) is 2.67. The van der Waals surface area contributed by atoms with Crippen LogP contribution < -0.4 is 16.4 Å². The van der Waals surface area contributed by atoms with Crippen LogP contribution in [0.1, 0.15) is 37.9 Å². The molecule has 0 saturated heterocycles. The number of rotatable bonds is 10. The van der Waals surface area contributed by atoms with Gasteiger partial charge in [-0.25, -0.2) is 0 Å². The molecule has 2 aromatic carbocycles. The molecule has 1 atom stereocenters. The highest BCUT2D eigenvalue weighted by Crippen LogP contribution is 2.27. The van der Waals surface area contributed by atoms with Gasteiger partial charge in [0.1, 0.15) is 0 Å². The highest BCUT2D eigenvalue weighted by atomic mass is 32.2. The van der Waals surface area contributed by atoms with Crippen molar-refractivity contribution in [3.8, 4) is 0 Å². The lowest BCUT2D eigenvalue weighted by molar-refractivity contribution is -0.116. The molecule has 0 aromatic heterocycles. The predicted octanol–water partition coefficient (Wildman–Crippen LogP) is 3.75. The van der Waals surface area contributed by atoms with E-state index in [-0.39, 0.29) is 30.2 Å². The summed E-state index contributed by atoms with van der Waals surface area (Å²) in [6.07, 6.45) is 1.01. The first-order valence-electron chi connectivity index (χ1n) is 9.53. The quantitative estimate of drug-likeness (QED) is 0.531. The number of amides is 2. The number of hydrogen-bond acceptors (Lipinski definition) is 4. The standard InChI is InChI=1S/C22H29N3O2S/c1-4-16-9-11-17(12-10-16)22(15(2)3)24-13-21(27)25-18-7-5-6-8-19(18)28-14-20(23)26/h5-12,15,22,24H,4,13-14H2,1-3H3,(H2,23,26)(H,25,27)/t22-/m0/s1. The summed E-state index contributed by atoms with van der Waals surface area (Å²) in [4.78, 5) is 24.3. The molecule has 150 valence electrons. The molecule has 0 saturated carbocycles. The first-order chi connectivity index (χ1) is 13.4. The van der Waals surface area contributed by atoms with Gasteiger partial charge in [0.05, 0.1) is 18.0 Å². The number of aryl methyl sites for hydroxylation is 1. The van der Waals surface area contributed by atoms with Crippen molar-refractivity contribution in [1.29, 1.82) is 0 Å². The SMILES string of the molecule is CCc1ccc([C@@H](NCC(=O)Nc2ccccc2SCC(N)=O)C(C)C)cc1. The zero-order valence-corrected chi connectivity index (χ0v) is 17.5. The molecule has 0 heterocycles. The van der Waals surface area contributed by atoms with Crippen LogP contribution in [0, 0.1) is 5.92 Å². The van der Waals surface area contributed by atoms with Gasteiger partial charge in [0.15, 0.2) is 0 Å². The summed E-state index contributed by atoms with van der Waals surface area (Å²) in [7, 11) is 0. The summed E-state index contributed by atoms with van der Waals surface area (Å²) in [6.45, 7) is 6.61. The Morgan fingerprint density at radius 1 is 1.07 bits per heavy atom. The molecule has 28 heavy (non-hydrogen) atoms. The molecule has 5 nitrogen and oxygen atoms in total. The van der Waals surface area contributed by atoms with E-state index in [2.05, 4.69) is 55.7 Å². The third-order valence-electron chi connectivity index (χ3n) is 4.43. The van der Waals surface area contributed by atoms with Crippen LogP contribution in [0.3, 0.4) is 0 Å². The fourth-order valence-corrected chi connectivity index (χ4v) is 3.69. The molecule has 0 aliphatic carbocycles. The van der Waals surface area contributed by atoms with E-state index in [0.717, 1.165) is 11.3 Å². The van der Waals surface area contributed by atoms with Crippen LogP contribution in [-0.2, 0) is 16.0 Å². The normalized spacial score (nSPS) is 12.0. The van der Waals surface area contributed by atoms with Gasteiger partial charge in [-0.15, -0.1) is 11.8 Å². The average molecular weight is 400 g/mol. The summed E-state index contributed by atoms with van der Waals surface area (Å²) in [5.74, 6) is 0.0113. The Labute approximate surface area is 171 Å². The number of thioether (sulfide) groups is 1. The number of primary amides is 1. The van der Waals surface area contributed by atoms with Gasteiger partial charge in [-0.3, -0.25) is 9.59 Å².